The van der Waals surface area contributed by atoms with Crippen molar-refractivity contribution >= 4 is 44.9 Å². The summed E-state index contributed by atoms with van der Waals surface area (Å²) in [4.78, 5) is 30.9. The summed E-state index contributed by atoms with van der Waals surface area (Å²) in [5, 5.41) is 5.73. The molecule has 1 amide bonds. The van der Waals surface area contributed by atoms with Gasteiger partial charge in [0, 0.05) is 23.2 Å². The van der Waals surface area contributed by atoms with E-state index in [9.17, 15) is 9.59 Å². The topological polar surface area (TPSA) is 77.1 Å². The molecule has 0 saturated carbocycles. The zero-order valence-corrected chi connectivity index (χ0v) is 17.9. The van der Waals surface area contributed by atoms with Gasteiger partial charge in [0.05, 0.1) is 17.4 Å². The van der Waals surface area contributed by atoms with Crippen LogP contribution in [0.5, 0.6) is 0 Å². The zero-order valence-electron chi connectivity index (χ0n) is 16.3. The molecule has 0 saturated heterocycles. The average Bonchev–Trinajstić information content (AvgIpc) is 3.40. The number of aryl methyl sites for hydroxylation is 1. The van der Waals surface area contributed by atoms with Crippen LogP contribution in [-0.2, 0) is 11.3 Å². The van der Waals surface area contributed by atoms with E-state index in [1.165, 1.54) is 27.7 Å². The number of hydrogen-bond acceptors (Lipinski definition) is 6. The normalized spacial score (nSPS) is 11.0. The van der Waals surface area contributed by atoms with E-state index in [1.807, 2.05) is 42.6 Å². The van der Waals surface area contributed by atoms with Gasteiger partial charge in [-0.05, 0) is 31.2 Å². The molecular weight excluding hydrogens is 418 g/mol. The van der Waals surface area contributed by atoms with Crippen molar-refractivity contribution in [2.24, 2.45) is 0 Å². The third-order valence-electron chi connectivity index (χ3n) is 4.42. The van der Waals surface area contributed by atoms with Crippen molar-refractivity contribution in [3.8, 4) is 11.3 Å². The van der Waals surface area contributed by atoms with Gasteiger partial charge in [-0.1, -0.05) is 35.5 Å². The van der Waals surface area contributed by atoms with E-state index < -0.39 is 0 Å². The maximum atomic E-state index is 13.2. The molecule has 4 aromatic rings. The molecular formula is C22H19N3O3S2. The Balaban J connectivity index is 1.61. The van der Waals surface area contributed by atoms with Crippen LogP contribution < -0.4 is 10.9 Å². The number of hydrogen-bond donors (Lipinski definition) is 1. The van der Waals surface area contributed by atoms with Crippen LogP contribution in [0.15, 0.2) is 75.1 Å². The number of carbonyl (C=O) groups is 1. The summed E-state index contributed by atoms with van der Waals surface area (Å²) in [7, 11) is 0. The van der Waals surface area contributed by atoms with E-state index >= 15 is 0 Å². The van der Waals surface area contributed by atoms with Crippen molar-refractivity contribution in [3.05, 3.63) is 76.6 Å². The molecule has 4 rings (SSSR count). The van der Waals surface area contributed by atoms with Gasteiger partial charge in [0.2, 0.25) is 5.91 Å². The Hall–Kier alpha value is -3.10. The van der Waals surface area contributed by atoms with Gasteiger partial charge < -0.3 is 9.73 Å². The van der Waals surface area contributed by atoms with E-state index in [2.05, 4.69) is 16.9 Å². The largest absolute Gasteiger partial charge is 0.464 e. The van der Waals surface area contributed by atoms with Gasteiger partial charge in [0.25, 0.3) is 5.56 Å². The van der Waals surface area contributed by atoms with E-state index in [0.717, 1.165) is 16.8 Å². The number of furan rings is 1. The fourth-order valence-corrected chi connectivity index (χ4v) is 4.76. The number of nitrogens with zero attached hydrogens (tertiary/aromatic N) is 2. The highest BCUT2D eigenvalue weighted by Gasteiger charge is 2.18. The molecule has 30 heavy (non-hydrogen) atoms. The summed E-state index contributed by atoms with van der Waals surface area (Å²) in [6, 6.07) is 11.2. The maximum Gasteiger partial charge on any atom is 0.263 e. The Morgan fingerprint density at radius 1 is 1.33 bits per heavy atom. The molecule has 0 unspecified atom stereocenters. The Kier molecular flexibility index (Phi) is 5.87. The monoisotopic (exact) mass is 437 g/mol. The van der Waals surface area contributed by atoms with E-state index in [0.29, 0.717) is 27.7 Å². The summed E-state index contributed by atoms with van der Waals surface area (Å²) >= 11 is 2.61. The fraction of sp³-hybridized carbons (Fsp3) is 0.136. The molecule has 1 aromatic carbocycles. The van der Waals surface area contributed by atoms with Gasteiger partial charge in [-0.2, -0.15) is 0 Å². The van der Waals surface area contributed by atoms with Gasteiger partial charge >= 0.3 is 0 Å². The molecule has 0 aliphatic carbocycles. The summed E-state index contributed by atoms with van der Waals surface area (Å²) in [6.07, 6.45) is 3.22. The van der Waals surface area contributed by atoms with Crippen molar-refractivity contribution in [3.63, 3.8) is 0 Å². The number of thiophene rings is 1. The Morgan fingerprint density at radius 2 is 2.13 bits per heavy atom. The predicted molar refractivity (Wildman–Crippen MR) is 122 cm³/mol. The fourth-order valence-electron chi connectivity index (χ4n) is 2.98. The lowest BCUT2D eigenvalue weighted by Gasteiger charge is -2.11. The van der Waals surface area contributed by atoms with E-state index in [1.54, 1.807) is 18.4 Å². The number of amides is 1. The first-order valence-electron chi connectivity index (χ1n) is 9.23. The van der Waals surface area contributed by atoms with Crippen LogP contribution in [0, 0.1) is 6.92 Å². The number of thioether (sulfide) groups is 1. The highest BCUT2D eigenvalue weighted by molar-refractivity contribution is 7.99. The predicted octanol–water partition coefficient (Wildman–Crippen LogP) is 4.94. The number of nitrogens with one attached hydrogen (secondary N) is 1. The Labute approximate surface area is 181 Å². The SMILES string of the molecule is C=CCn1c(SCC(=O)Nc2ccc(C)cc2)nc2scc(-c3ccco3)c2c1=O. The minimum atomic E-state index is -0.172. The van der Waals surface area contributed by atoms with Crippen LogP contribution in [0.25, 0.3) is 21.5 Å². The Bertz CT molecular complexity index is 1260. The first-order chi connectivity index (χ1) is 14.6. The third-order valence-corrected chi connectivity index (χ3v) is 6.27. The van der Waals surface area contributed by atoms with Crippen LogP contribution in [0.3, 0.4) is 0 Å². The van der Waals surface area contributed by atoms with Gasteiger partial charge in [0.1, 0.15) is 10.6 Å². The zero-order chi connectivity index (χ0) is 21.1. The first-order valence-corrected chi connectivity index (χ1v) is 11.1. The quantitative estimate of drug-likeness (QED) is 0.252. The minimum Gasteiger partial charge on any atom is -0.464 e. The molecule has 0 radical (unpaired) electrons. The van der Waals surface area contributed by atoms with Gasteiger partial charge in [-0.3, -0.25) is 14.2 Å². The van der Waals surface area contributed by atoms with Crippen LogP contribution in [0.1, 0.15) is 5.56 Å². The smallest absolute Gasteiger partial charge is 0.263 e. The first kappa shape index (κ1) is 20.2. The van der Waals surface area contributed by atoms with Gasteiger partial charge in [-0.25, -0.2) is 4.98 Å². The summed E-state index contributed by atoms with van der Waals surface area (Å²) in [6.45, 7) is 6.04. The van der Waals surface area contributed by atoms with Crippen LogP contribution in [0.4, 0.5) is 5.69 Å². The minimum absolute atomic E-state index is 0.138. The molecule has 0 fully saturated rings. The molecule has 152 valence electrons. The number of benzene rings is 1. The summed E-state index contributed by atoms with van der Waals surface area (Å²) in [5.41, 5.74) is 2.41. The number of anilines is 1. The molecule has 0 atom stereocenters. The molecule has 8 heteroatoms. The van der Waals surface area contributed by atoms with Crippen LogP contribution in [0.2, 0.25) is 0 Å². The molecule has 0 spiro atoms. The van der Waals surface area contributed by atoms with Gasteiger partial charge in [-0.15, -0.1) is 17.9 Å². The van der Waals surface area contributed by atoms with Crippen LogP contribution in [-0.4, -0.2) is 21.2 Å². The number of rotatable bonds is 7. The maximum absolute atomic E-state index is 13.2. The lowest BCUT2D eigenvalue weighted by Crippen LogP contribution is -2.23. The van der Waals surface area contributed by atoms with Crippen molar-refractivity contribution in [1.29, 1.82) is 0 Å². The number of carbonyl (C=O) groups excluding carboxylic acids is 1. The summed E-state index contributed by atoms with van der Waals surface area (Å²) in [5.74, 6) is 0.605. The van der Waals surface area contributed by atoms with Crippen molar-refractivity contribution in [2.45, 2.75) is 18.6 Å². The molecule has 0 aliphatic heterocycles. The lowest BCUT2D eigenvalue weighted by atomic mass is 10.2. The second-order valence-electron chi connectivity index (χ2n) is 6.61. The Morgan fingerprint density at radius 3 is 2.83 bits per heavy atom. The number of aromatic nitrogens is 2. The van der Waals surface area contributed by atoms with Crippen molar-refractivity contribution in [2.75, 3.05) is 11.1 Å². The molecule has 3 heterocycles. The van der Waals surface area contributed by atoms with Crippen molar-refractivity contribution < 1.29 is 9.21 Å². The highest BCUT2D eigenvalue weighted by atomic mass is 32.2. The van der Waals surface area contributed by atoms with E-state index in [-0.39, 0.29) is 17.2 Å². The second kappa shape index (κ2) is 8.73. The summed E-state index contributed by atoms with van der Waals surface area (Å²) < 4.78 is 7.01. The second-order valence-corrected chi connectivity index (χ2v) is 8.41. The molecule has 3 aromatic heterocycles. The molecule has 0 bridgehead atoms. The van der Waals surface area contributed by atoms with Crippen LogP contribution >= 0.6 is 23.1 Å². The van der Waals surface area contributed by atoms with Gasteiger partial charge in [0.15, 0.2) is 5.16 Å². The van der Waals surface area contributed by atoms with E-state index in [4.69, 9.17) is 4.42 Å². The molecule has 0 aliphatic rings. The number of fused-ring (bicyclic) bond motifs is 1. The lowest BCUT2D eigenvalue weighted by molar-refractivity contribution is -0.113. The standard InChI is InChI=1S/C22H19N3O3S2/c1-3-10-25-21(27)19-16(17-5-4-11-28-17)12-29-20(19)24-22(25)30-13-18(26)23-15-8-6-14(2)7-9-15/h3-9,11-12H,1,10,13H2,2H3,(H,23,26). The highest BCUT2D eigenvalue weighted by Crippen LogP contribution is 2.32. The molecule has 6 nitrogen and oxygen atoms in total. The average molecular weight is 438 g/mol. The van der Waals surface area contributed by atoms with Crippen molar-refractivity contribution in [1.82, 2.24) is 9.55 Å². The number of allylic oxidation sites excluding steroid dienone is 1. The molecule has 1 N–H and O–H groups in total. The third kappa shape index (κ3) is 4.10.